The van der Waals surface area contributed by atoms with Crippen LogP contribution in [0.25, 0.3) is 10.8 Å². The Bertz CT molecular complexity index is 1380. The Balaban J connectivity index is 0.000000161. The maximum Gasteiger partial charge on any atom is 0.335 e. The van der Waals surface area contributed by atoms with Crippen molar-refractivity contribution >= 4 is 16.7 Å². The van der Waals surface area contributed by atoms with Crippen LogP contribution >= 0.6 is 0 Å². The largest absolute Gasteiger partial charge is 0.508 e. The lowest BCUT2D eigenvalue weighted by molar-refractivity contribution is -0.139. The molecule has 0 radical (unpaired) electrons. The highest BCUT2D eigenvalue weighted by Crippen LogP contribution is 2.67. The van der Waals surface area contributed by atoms with E-state index in [-0.39, 0.29) is 16.7 Å². The fourth-order valence-electron chi connectivity index (χ4n) is 9.08. The molecule has 3 saturated carbocycles. The Morgan fingerprint density at radius 1 is 0.974 bits per heavy atom. The standard InChI is InChI=1S/C21H32N2O.C11H8O3/c1-19-11-13-12-22-23-18(13)10-14(19)4-5-15-16(19)6-8-20(2)17(15)7-9-21(20,3)24;12-10-4-3-7-5-9(11(13)14)2-1-8(7)6-10/h12,14-17,24H,4-11H2,1-3H3,(H,22,23);1-6,12H,(H,13,14)/t14-,15+,16-,17-,19-,20-,21-;/m0./s1. The van der Waals surface area contributed by atoms with Gasteiger partial charge in [-0.25, -0.2) is 4.79 Å². The molecule has 3 aromatic rings. The first kappa shape index (κ1) is 25.4. The molecule has 4 aliphatic carbocycles. The summed E-state index contributed by atoms with van der Waals surface area (Å²) in [7, 11) is 0. The number of rotatable bonds is 1. The van der Waals surface area contributed by atoms with Gasteiger partial charge in [-0.2, -0.15) is 5.10 Å². The average Bonchev–Trinajstić information content (AvgIpc) is 3.42. The number of aromatic amines is 1. The smallest absolute Gasteiger partial charge is 0.335 e. The highest BCUT2D eigenvalue weighted by Gasteiger charge is 2.63. The van der Waals surface area contributed by atoms with Crippen molar-refractivity contribution in [3.63, 3.8) is 0 Å². The molecule has 4 aliphatic rings. The van der Waals surface area contributed by atoms with Crippen molar-refractivity contribution in [2.75, 3.05) is 0 Å². The van der Waals surface area contributed by atoms with Crippen LogP contribution in [-0.2, 0) is 12.8 Å². The van der Waals surface area contributed by atoms with Crippen molar-refractivity contribution in [1.82, 2.24) is 10.2 Å². The maximum absolute atomic E-state index is 11.0. The molecule has 7 rings (SSSR count). The van der Waals surface area contributed by atoms with Crippen LogP contribution in [0, 0.1) is 34.5 Å². The molecule has 1 heterocycles. The van der Waals surface area contributed by atoms with Gasteiger partial charge >= 0.3 is 5.97 Å². The quantitative estimate of drug-likeness (QED) is 0.301. The van der Waals surface area contributed by atoms with E-state index in [0.717, 1.165) is 40.9 Å². The third-order valence-electron chi connectivity index (χ3n) is 11.5. The third-order valence-corrected chi connectivity index (χ3v) is 11.5. The zero-order valence-electron chi connectivity index (χ0n) is 22.7. The number of nitrogens with one attached hydrogen (secondary N) is 1. The summed E-state index contributed by atoms with van der Waals surface area (Å²) >= 11 is 0. The maximum atomic E-state index is 11.0. The number of carboxylic acids is 1. The summed E-state index contributed by atoms with van der Waals surface area (Å²) in [4.78, 5) is 10.7. The summed E-state index contributed by atoms with van der Waals surface area (Å²) in [6.45, 7) is 7.09. The van der Waals surface area contributed by atoms with Gasteiger partial charge in [0.1, 0.15) is 5.75 Å². The van der Waals surface area contributed by atoms with Gasteiger partial charge < -0.3 is 15.3 Å². The first-order valence-corrected chi connectivity index (χ1v) is 14.2. The Morgan fingerprint density at radius 2 is 1.71 bits per heavy atom. The monoisotopic (exact) mass is 516 g/mol. The second-order valence-electron chi connectivity index (χ2n) is 13.2. The molecule has 0 bridgehead atoms. The predicted octanol–water partition coefficient (Wildman–Crippen LogP) is 6.36. The van der Waals surface area contributed by atoms with Crippen LogP contribution in [0.4, 0.5) is 0 Å². The van der Waals surface area contributed by atoms with Crippen LogP contribution < -0.4 is 0 Å². The summed E-state index contributed by atoms with van der Waals surface area (Å²) in [5.74, 6) is 2.45. The molecule has 6 heteroatoms. The van der Waals surface area contributed by atoms with Gasteiger partial charge in [0.15, 0.2) is 0 Å². The molecular weight excluding hydrogens is 476 g/mol. The fourth-order valence-corrected chi connectivity index (χ4v) is 9.08. The summed E-state index contributed by atoms with van der Waals surface area (Å²) in [6.07, 6.45) is 12.0. The lowest BCUT2D eigenvalue weighted by Gasteiger charge is -2.60. The summed E-state index contributed by atoms with van der Waals surface area (Å²) in [5.41, 5.74) is 3.26. The number of carboxylic acid groups (broad SMARTS) is 1. The molecule has 0 saturated heterocycles. The summed E-state index contributed by atoms with van der Waals surface area (Å²) < 4.78 is 0. The van der Waals surface area contributed by atoms with Gasteiger partial charge in [-0.1, -0.05) is 26.0 Å². The number of hydrogen-bond donors (Lipinski definition) is 4. The number of aromatic hydroxyl groups is 1. The van der Waals surface area contributed by atoms with E-state index >= 15 is 0 Å². The van der Waals surface area contributed by atoms with E-state index in [1.54, 1.807) is 24.3 Å². The first-order valence-electron chi connectivity index (χ1n) is 14.2. The van der Waals surface area contributed by atoms with Gasteiger partial charge in [0.2, 0.25) is 0 Å². The number of aromatic carboxylic acids is 1. The Hall–Kier alpha value is -2.86. The molecule has 7 atom stereocenters. The third kappa shape index (κ3) is 3.86. The van der Waals surface area contributed by atoms with E-state index in [0.29, 0.717) is 5.41 Å². The second-order valence-corrected chi connectivity index (χ2v) is 13.2. The van der Waals surface area contributed by atoms with Crippen molar-refractivity contribution < 1.29 is 20.1 Å². The van der Waals surface area contributed by atoms with Crippen molar-refractivity contribution in [2.24, 2.45) is 34.5 Å². The van der Waals surface area contributed by atoms with Crippen molar-refractivity contribution in [2.45, 2.75) is 77.7 Å². The minimum atomic E-state index is -0.944. The van der Waals surface area contributed by atoms with Gasteiger partial charge in [0.25, 0.3) is 0 Å². The SMILES string of the molecule is C[C@]12Cc3cn[nH]c3C[C@@H]1CC[C@@H]1[C@@H]2CC[C@@]2(C)[C@H]1CC[C@]2(C)O.O=C(O)c1ccc2cc(O)ccc2c1. The normalized spacial score (nSPS) is 37.3. The molecule has 202 valence electrons. The minimum absolute atomic E-state index is 0.146. The number of aromatic nitrogens is 2. The molecule has 3 fully saturated rings. The lowest BCUT2D eigenvalue weighted by Crippen LogP contribution is -2.56. The van der Waals surface area contributed by atoms with Crippen LogP contribution in [0.15, 0.2) is 42.6 Å². The summed E-state index contributed by atoms with van der Waals surface area (Å²) in [6, 6.07) is 9.60. The van der Waals surface area contributed by atoms with E-state index in [1.807, 2.05) is 0 Å². The Labute approximate surface area is 224 Å². The van der Waals surface area contributed by atoms with Crippen LogP contribution in [0.3, 0.4) is 0 Å². The van der Waals surface area contributed by atoms with E-state index in [9.17, 15) is 15.0 Å². The van der Waals surface area contributed by atoms with E-state index in [1.165, 1.54) is 68.3 Å². The zero-order valence-corrected chi connectivity index (χ0v) is 22.7. The minimum Gasteiger partial charge on any atom is -0.508 e. The number of fused-ring (bicyclic) bond motifs is 7. The molecule has 0 amide bonds. The van der Waals surface area contributed by atoms with Crippen molar-refractivity contribution in [3.8, 4) is 5.75 Å². The average molecular weight is 517 g/mol. The summed E-state index contributed by atoms with van der Waals surface area (Å²) in [5, 5.41) is 38.2. The molecule has 1 aromatic heterocycles. The number of phenols is 1. The molecule has 0 unspecified atom stereocenters. The molecule has 4 N–H and O–H groups in total. The van der Waals surface area contributed by atoms with Gasteiger partial charge in [-0.3, -0.25) is 5.10 Å². The van der Waals surface area contributed by atoms with Crippen molar-refractivity contribution in [1.29, 1.82) is 0 Å². The molecule has 0 spiro atoms. The first-order chi connectivity index (χ1) is 18.0. The van der Waals surface area contributed by atoms with E-state index in [4.69, 9.17) is 5.11 Å². The Morgan fingerprint density at radius 3 is 2.50 bits per heavy atom. The van der Waals surface area contributed by atoms with Gasteiger partial charge in [0.05, 0.1) is 17.4 Å². The van der Waals surface area contributed by atoms with Gasteiger partial charge in [0, 0.05) is 5.69 Å². The fraction of sp³-hybridized carbons (Fsp3) is 0.562. The van der Waals surface area contributed by atoms with Crippen LogP contribution in [0.5, 0.6) is 5.75 Å². The molecule has 0 aliphatic heterocycles. The molecule has 38 heavy (non-hydrogen) atoms. The number of aliphatic hydroxyl groups is 1. The van der Waals surface area contributed by atoms with E-state index in [2.05, 4.69) is 37.2 Å². The topological polar surface area (TPSA) is 106 Å². The number of hydrogen-bond acceptors (Lipinski definition) is 4. The van der Waals surface area contributed by atoms with Crippen molar-refractivity contribution in [3.05, 3.63) is 59.4 Å². The van der Waals surface area contributed by atoms with Crippen LogP contribution in [-0.4, -0.2) is 37.1 Å². The lowest BCUT2D eigenvalue weighted by atomic mass is 9.44. The van der Waals surface area contributed by atoms with Crippen LogP contribution in [0.1, 0.15) is 80.9 Å². The second kappa shape index (κ2) is 8.84. The van der Waals surface area contributed by atoms with Gasteiger partial charge in [-0.15, -0.1) is 0 Å². The van der Waals surface area contributed by atoms with E-state index < -0.39 is 11.6 Å². The molecular formula is C32H40N2O4. The predicted molar refractivity (Wildman–Crippen MR) is 147 cm³/mol. The molecule has 6 nitrogen and oxygen atoms in total. The molecule has 2 aromatic carbocycles. The number of phenolic OH excluding ortho intramolecular Hbond substituents is 1. The number of H-pyrrole nitrogens is 1. The number of carbonyl (C=O) groups is 1. The highest BCUT2D eigenvalue weighted by molar-refractivity contribution is 5.94. The number of nitrogens with zero attached hydrogens (tertiary/aromatic N) is 1. The highest BCUT2D eigenvalue weighted by atomic mass is 16.4. The number of benzene rings is 2. The Kier molecular flexibility index (Phi) is 5.91. The van der Waals surface area contributed by atoms with Gasteiger partial charge in [-0.05, 0) is 133 Å². The van der Waals surface area contributed by atoms with Crippen LogP contribution in [0.2, 0.25) is 0 Å². The zero-order chi connectivity index (χ0) is 26.9.